The number of rotatable bonds is 4. The van der Waals surface area contributed by atoms with E-state index in [4.69, 9.17) is 0 Å². The first-order valence-electron chi connectivity index (χ1n) is 6.17. The Bertz CT molecular complexity index is 533. The highest BCUT2D eigenvalue weighted by atomic mass is 32.1. The molecule has 1 heterocycles. The van der Waals surface area contributed by atoms with E-state index in [2.05, 4.69) is 23.7 Å². The van der Waals surface area contributed by atoms with Crippen molar-refractivity contribution in [3.63, 3.8) is 0 Å². The second kappa shape index (κ2) is 5.63. The van der Waals surface area contributed by atoms with Crippen LogP contribution in [0.5, 0.6) is 0 Å². The van der Waals surface area contributed by atoms with Crippen LogP contribution in [-0.2, 0) is 0 Å². The molecule has 2 aromatic rings. The Morgan fingerprint density at radius 2 is 2.06 bits per heavy atom. The molecule has 1 unspecified atom stereocenters. The van der Waals surface area contributed by atoms with Gasteiger partial charge in [-0.3, -0.25) is 0 Å². The molecule has 0 amide bonds. The van der Waals surface area contributed by atoms with Crippen LogP contribution in [0.25, 0.3) is 0 Å². The largest absolute Gasteiger partial charge is 0.306 e. The molecule has 0 saturated carbocycles. The van der Waals surface area contributed by atoms with E-state index < -0.39 is 0 Å². The summed E-state index contributed by atoms with van der Waals surface area (Å²) in [5.41, 5.74) is 2.90. The molecular formula is C15H18FNS. The van der Waals surface area contributed by atoms with Gasteiger partial charge in [-0.25, -0.2) is 4.39 Å². The van der Waals surface area contributed by atoms with Gasteiger partial charge in [0.15, 0.2) is 0 Å². The van der Waals surface area contributed by atoms with E-state index in [1.807, 2.05) is 26.0 Å². The number of nitrogens with one attached hydrogen (secondary N) is 1. The van der Waals surface area contributed by atoms with Crippen molar-refractivity contribution in [2.45, 2.75) is 26.8 Å². The van der Waals surface area contributed by atoms with E-state index in [1.54, 1.807) is 17.4 Å². The van der Waals surface area contributed by atoms with Crippen molar-refractivity contribution in [2.75, 3.05) is 6.54 Å². The Labute approximate surface area is 112 Å². The van der Waals surface area contributed by atoms with Crippen LogP contribution in [0.4, 0.5) is 4.39 Å². The molecule has 0 aliphatic heterocycles. The lowest BCUT2D eigenvalue weighted by atomic mass is 10.0. The van der Waals surface area contributed by atoms with Gasteiger partial charge in [-0.1, -0.05) is 19.1 Å². The molecule has 0 fully saturated rings. The van der Waals surface area contributed by atoms with Crippen molar-refractivity contribution < 1.29 is 4.39 Å². The standard InChI is InChI=1S/C15H18FNS/c1-4-17-14(15-11(3)7-8-18-15)12-6-5-10(2)9-13(12)16/h5-9,14,17H,4H2,1-3H3. The first-order chi connectivity index (χ1) is 8.63. The van der Waals surface area contributed by atoms with Gasteiger partial charge in [0.1, 0.15) is 5.82 Å². The Morgan fingerprint density at radius 1 is 1.28 bits per heavy atom. The zero-order valence-electron chi connectivity index (χ0n) is 11.0. The monoisotopic (exact) mass is 263 g/mol. The molecule has 3 heteroatoms. The highest BCUT2D eigenvalue weighted by Gasteiger charge is 2.19. The molecule has 1 aromatic heterocycles. The van der Waals surface area contributed by atoms with E-state index in [0.29, 0.717) is 0 Å². The smallest absolute Gasteiger partial charge is 0.128 e. The number of thiophene rings is 1. The maximum atomic E-state index is 14.1. The van der Waals surface area contributed by atoms with E-state index in [-0.39, 0.29) is 11.9 Å². The van der Waals surface area contributed by atoms with Crippen LogP contribution in [0, 0.1) is 19.7 Å². The first-order valence-corrected chi connectivity index (χ1v) is 7.05. The SMILES string of the molecule is CCNC(c1ccc(C)cc1F)c1sccc1C. The van der Waals surface area contributed by atoms with Crippen molar-refractivity contribution in [1.82, 2.24) is 5.32 Å². The fourth-order valence-corrected chi connectivity index (χ4v) is 3.11. The minimum Gasteiger partial charge on any atom is -0.306 e. The van der Waals surface area contributed by atoms with Gasteiger partial charge in [0.05, 0.1) is 6.04 Å². The molecule has 0 bridgehead atoms. The minimum atomic E-state index is -0.131. The summed E-state index contributed by atoms with van der Waals surface area (Å²) in [4.78, 5) is 1.19. The van der Waals surface area contributed by atoms with Crippen LogP contribution in [0.3, 0.4) is 0 Å². The van der Waals surface area contributed by atoms with Gasteiger partial charge in [-0.05, 0) is 49.0 Å². The summed E-state index contributed by atoms with van der Waals surface area (Å²) in [6.45, 7) is 6.84. The average Bonchev–Trinajstić information content (AvgIpc) is 2.73. The lowest BCUT2D eigenvalue weighted by molar-refractivity contribution is 0.561. The van der Waals surface area contributed by atoms with Crippen molar-refractivity contribution in [3.05, 3.63) is 57.0 Å². The highest BCUT2D eigenvalue weighted by Crippen LogP contribution is 2.31. The van der Waals surface area contributed by atoms with Gasteiger partial charge in [-0.2, -0.15) is 0 Å². The molecule has 1 atom stereocenters. The van der Waals surface area contributed by atoms with Gasteiger partial charge in [-0.15, -0.1) is 11.3 Å². The lowest BCUT2D eigenvalue weighted by Crippen LogP contribution is -2.22. The van der Waals surface area contributed by atoms with Crippen LogP contribution in [0.15, 0.2) is 29.6 Å². The van der Waals surface area contributed by atoms with Gasteiger partial charge in [0, 0.05) is 10.4 Å². The zero-order valence-corrected chi connectivity index (χ0v) is 11.8. The number of aryl methyl sites for hydroxylation is 2. The molecular weight excluding hydrogens is 245 g/mol. The summed E-state index contributed by atoms with van der Waals surface area (Å²) in [6, 6.07) is 7.48. The Kier molecular flexibility index (Phi) is 4.15. The topological polar surface area (TPSA) is 12.0 Å². The molecule has 1 nitrogen and oxygen atoms in total. The Morgan fingerprint density at radius 3 is 2.61 bits per heavy atom. The van der Waals surface area contributed by atoms with Crippen LogP contribution in [0.2, 0.25) is 0 Å². The summed E-state index contributed by atoms with van der Waals surface area (Å²) in [5.74, 6) is -0.131. The minimum absolute atomic E-state index is 0.0457. The summed E-state index contributed by atoms with van der Waals surface area (Å²) in [5, 5.41) is 5.43. The van der Waals surface area contributed by atoms with Crippen molar-refractivity contribution in [3.8, 4) is 0 Å². The third-order valence-electron chi connectivity index (χ3n) is 3.04. The fourth-order valence-electron chi connectivity index (χ4n) is 2.09. The second-order valence-corrected chi connectivity index (χ2v) is 5.43. The van der Waals surface area contributed by atoms with E-state index in [9.17, 15) is 4.39 Å². The fraction of sp³-hybridized carbons (Fsp3) is 0.333. The molecule has 0 aliphatic carbocycles. The molecule has 0 saturated heterocycles. The number of halogens is 1. The third-order valence-corrected chi connectivity index (χ3v) is 4.12. The van der Waals surface area contributed by atoms with Gasteiger partial charge < -0.3 is 5.32 Å². The second-order valence-electron chi connectivity index (χ2n) is 4.48. The quantitative estimate of drug-likeness (QED) is 0.871. The molecule has 96 valence electrons. The Hall–Kier alpha value is -1.19. The molecule has 1 aromatic carbocycles. The number of benzene rings is 1. The highest BCUT2D eigenvalue weighted by molar-refractivity contribution is 7.10. The number of hydrogen-bond donors (Lipinski definition) is 1. The van der Waals surface area contributed by atoms with Crippen LogP contribution >= 0.6 is 11.3 Å². The lowest BCUT2D eigenvalue weighted by Gasteiger charge is -2.19. The molecule has 2 rings (SSSR count). The summed E-state index contributed by atoms with van der Waals surface area (Å²) >= 11 is 1.68. The predicted octanol–water partition coefficient (Wildman–Crippen LogP) is 4.20. The van der Waals surface area contributed by atoms with E-state index in [1.165, 1.54) is 10.4 Å². The number of hydrogen-bond acceptors (Lipinski definition) is 2. The van der Waals surface area contributed by atoms with Gasteiger partial charge in [0.25, 0.3) is 0 Å². The van der Waals surface area contributed by atoms with E-state index in [0.717, 1.165) is 17.7 Å². The maximum absolute atomic E-state index is 14.1. The molecule has 0 aliphatic rings. The molecule has 0 spiro atoms. The maximum Gasteiger partial charge on any atom is 0.128 e. The third kappa shape index (κ3) is 2.62. The Balaban J connectivity index is 2.45. The van der Waals surface area contributed by atoms with Crippen LogP contribution < -0.4 is 5.32 Å². The molecule has 0 radical (unpaired) electrons. The van der Waals surface area contributed by atoms with Gasteiger partial charge in [0.2, 0.25) is 0 Å². The molecule has 18 heavy (non-hydrogen) atoms. The van der Waals surface area contributed by atoms with Crippen LogP contribution in [-0.4, -0.2) is 6.54 Å². The van der Waals surface area contributed by atoms with Crippen molar-refractivity contribution in [2.24, 2.45) is 0 Å². The average molecular weight is 263 g/mol. The van der Waals surface area contributed by atoms with Crippen molar-refractivity contribution >= 4 is 11.3 Å². The summed E-state index contributed by atoms with van der Waals surface area (Å²) < 4.78 is 14.1. The van der Waals surface area contributed by atoms with E-state index >= 15 is 0 Å². The normalized spacial score (nSPS) is 12.7. The van der Waals surface area contributed by atoms with Crippen molar-refractivity contribution in [1.29, 1.82) is 0 Å². The first kappa shape index (κ1) is 13.2. The summed E-state index contributed by atoms with van der Waals surface area (Å²) in [7, 11) is 0. The molecule has 1 N–H and O–H groups in total. The summed E-state index contributed by atoms with van der Waals surface area (Å²) in [6.07, 6.45) is 0. The van der Waals surface area contributed by atoms with Gasteiger partial charge >= 0.3 is 0 Å². The predicted molar refractivity (Wildman–Crippen MR) is 75.7 cm³/mol. The van der Waals surface area contributed by atoms with Crippen LogP contribution in [0.1, 0.15) is 34.5 Å². The zero-order chi connectivity index (χ0) is 13.1.